The maximum atomic E-state index is 12.1. The lowest BCUT2D eigenvalue weighted by Crippen LogP contribution is -2.31. The van der Waals surface area contributed by atoms with E-state index < -0.39 is 0 Å². The van der Waals surface area contributed by atoms with Crippen LogP contribution in [-0.4, -0.2) is 18.6 Å². The topological polar surface area (TPSA) is 52.3 Å². The smallest absolute Gasteiger partial charge is 0.309 e. The van der Waals surface area contributed by atoms with Gasteiger partial charge in [0.15, 0.2) is 0 Å². The molecule has 3 heteroatoms. The number of hydrogen-bond acceptors (Lipinski definition) is 3. The Bertz CT molecular complexity index is 264. The molecule has 0 unspecified atom stereocenters. The first-order valence-corrected chi connectivity index (χ1v) is 7.59. The van der Waals surface area contributed by atoms with Crippen LogP contribution in [-0.2, 0) is 9.53 Å². The second-order valence-electron chi connectivity index (χ2n) is 6.27. The van der Waals surface area contributed by atoms with Gasteiger partial charge in [-0.05, 0) is 69.7 Å². The second-order valence-corrected chi connectivity index (χ2v) is 6.27. The standard InChI is InChI=1S/C15H27NO2/c1-11-2-8-14(9-3-11)18-15(17)13-6-4-12(10-16)5-7-13/h11-14H,2-10,16H2,1H3. The molecule has 0 aromatic heterocycles. The van der Waals surface area contributed by atoms with Crippen LogP contribution in [0.2, 0.25) is 0 Å². The Hall–Kier alpha value is -0.570. The highest BCUT2D eigenvalue weighted by molar-refractivity contribution is 5.72. The third-order valence-electron chi connectivity index (χ3n) is 4.76. The minimum absolute atomic E-state index is 0.0602. The quantitative estimate of drug-likeness (QED) is 0.787. The fourth-order valence-electron chi connectivity index (χ4n) is 3.24. The van der Waals surface area contributed by atoms with Crippen LogP contribution in [0.25, 0.3) is 0 Å². The van der Waals surface area contributed by atoms with Crippen molar-refractivity contribution in [1.29, 1.82) is 0 Å². The predicted octanol–water partition coefficient (Wildman–Crippen LogP) is 2.87. The first-order valence-electron chi connectivity index (χ1n) is 7.59. The van der Waals surface area contributed by atoms with E-state index in [4.69, 9.17) is 10.5 Å². The van der Waals surface area contributed by atoms with Gasteiger partial charge in [-0.1, -0.05) is 6.92 Å². The van der Waals surface area contributed by atoms with E-state index >= 15 is 0 Å². The zero-order chi connectivity index (χ0) is 13.0. The fraction of sp³-hybridized carbons (Fsp3) is 0.933. The van der Waals surface area contributed by atoms with E-state index in [2.05, 4.69) is 6.92 Å². The van der Waals surface area contributed by atoms with Crippen molar-refractivity contribution in [2.45, 2.75) is 64.4 Å². The zero-order valence-electron chi connectivity index (χ0n) is 11.6. The van der Waals surface area contributed by atoms with Gasteiger partial charge in [-0.25, -0.2) is 0 Å². The highest BCUT2D eigenvalue weighted by atomic mass is 16.5. The van der Waals surface area contributed by atoms with Crippen molar-refractivity contribution in [3.8, 4) is 0 Å². The van der Waals surface area contributed by atoms with Crippen LogP contribution >= 0.6 is 0 Å². The van der Waals surface area contributed by atoms with E-state index in [0.717, 1.165) is 51.0 Å². The molecule has 0 bridgehead atoms. The lowest BCUT2D eigenvalue weighted by molar-refractivity contribution is -0.157. The van der Waals surface area contributed by atoms with E-state index in [1.165, 1.54) is 12.8 Å². The molecular formula is C15H27NO2. The van der Waals surface area contributed by atoms with Crippen molar-refractivity contribution < 1.29 is 9.53 Å². The SMILES string of the molecule is CC1CCC(OC(=O)C2CCC(CN)CC2)CC1. The van der Waals surface area contributed by atoms with Crippen LogP contribution in [0.15, 0.2) is 0 Å². The Kier molecular flexibility index (Phi) is 5.04. The highest BCUT2D eigenvalue weighted by Gasteiger charge is 2.29. The van der Waals surface area contributed by atoms with Gasteiger partial charge in [-0.3, -0.25) is 4.79 Å². The van der Waals surface area contributed by atoms with Gasteiger partial charge >= 0.3 is 5.97 Å². The van der Waals surface area contributed by atoms with E-state index in [0.29, 0.717) is 5.92 Å². The molecule has 0 heterocycles. The molecule has 0 amide bonds. The molecule has 2 N–H and O–H groups in total. The molecule has 0 atom stereocenters. The molecule has 0 saturated heterocycles. The summed E-state index contributed by atoms with van der Waals surface area (Å²) in [5.74, 6) is 1.64. The highest BCUT2D eigenvalue weighted by Crippen LogP contribution is 2.31. The lowest BCUT2D eigenvalue weighted by atomic mass is 9.82. The van der Waals surface area contributed by atoms with Gasteiger partial charge in [-0.15, -0.1) is 0 Å². The molecular weight excluding hydrogens is 226 g/mol. The van der Waals surface area contributed by atoms with Crippen LogP contribution < -0.4 is 5.73 Å². The number of carbonyl (C=O) groups excluding carboxylic acids is 1. The van der Waals surface area contributed by atoms with Gasteiger partial charge in [0.1, 0.15) is 6.10 Å². The van der Waals surface area contributed by atoms with Gasteiger partial charge in [0.25, 0.3) is 0 Å². The zero-order valence-corrected chi connectivity index (χ0v) is 11.6. The van der Waals surface area contributed by atoms with E-state index in [-0.39, 0.29) is 18.0 Å². The normalized spacial score (nSPS) is 37.2. The van der Waals surface area contributed by atoms with Gasteiger partial charge in [-0.2, -0.15) is 0 Å². The minimum Gasteiger partial charge on any atom is -0.462 e. The molecule has 104 valence electrons. The number of rotatable bonds is 3. The van der Waals surface area contributed by atoms with E-state index in [1.807, 2.05) is 0 Å². The average Bonchev–Trinajstić information content (AvgIpc) is 2.41. The molecule has 2 saturated carbocycles. The van der Waals surface area contributed by atoms with Gasteiger partial charge in [0.05, 0.1) is 5.92 Å². The Morgan fingerprint density at radius 3 is 2.22 bits per heavy atom. The molecule has 2 aliphatic rings. The number of nitrogens with two attached hydrogens (primary N) is 1. The molecule has 2 rings (SSSR count). The number of ether oxygens (including phenoxy) is 1. The van der Waals surface area contributed by atoms with Gasteiger partial charge in [0, 0.05) is 0 Å². The Morgan fingerprint density at radius 2 is 1.67 bits per heavy atom. The summed E-state index contributed by atoms with van der Waals surface area (Å²) in [6.07, 6.45) is 8.87. The summed E-state index contributed by atoms with van der Waals surface area (Å²) in [6, 6.07) is 0. The maximum Gasteiger partial charge on any atom is 0.309 e. The lowest BCUT2D eigenvalue weighted by Gasteiger charge is -2.30. The third kappa shape index (κ3) is 3.71. The van der Waals surface area contributed by atoms with Gasteiger partial charge < -0.3 is 10.5 Å². The van der Waals surface area contributed by atoms with Gasteiger partial charge in [0.2, 0.25) is 0 Å². The summed E-state index contributed by atoms with van der Waals surface area (Å²) in [5, 5.41) is 0. The second kappa shape index (κ2) is 6.55. The summed E-state index contributed by atoms with van der Waals surface area (Å²) in [6.45, 7) is 3.05. The third-order valence-corrected chi connectivity index (χ3v) is 4.76. The molecule has 0 aliphatic heterocycles. The minimum atomic E-state index is 0.0602. The molecule has 0 radical (unpaired) electrons. The van der Waals surface area contributed by atoms with Crippen LogP contribution in [0.1, 0.15) is 58.3 Å². The maximum absolute atomic E-state index is 12.1. The monoisotopic (exact) mass is 253 g/mol. The molecule has 18 heavy (non-hydrogen) atoms. The largest absolute Gasteiger partial charge is 0.462 e. The molecule has 3 nitrogen and oxygen atoms in total. The summed E-state index contributed by atoms with van der Waals surface area (Å²) >= 11 is 0. The predicted molar refractivity (Wildman–Crippen MR) is 72.0 cm³/mol. The van der Waals surface area contributed by atoms with Crippen molar-refractivity contribution >= 4 is 5.97 Å². The Morgan fingerprint density at radius 1 is 1.06 bits per heavy atom. The van der Waals surface area contributed by atoms with Crippen molar-refractivity contribution in [3.05, 3.63) is 0 Å². The number of carbonyl (C=O) groups is 1. The van der Waals surface area contributed by atoms with Crippen LogP contribution in [0, 0.1) is 17.8 Å². The first kappa shape index (κ1) is 13.9. The van der Waals surface area contributed by atoms with Crippen LogP contribution in [0.5, 0.6) is 0 Å². The van der Waals surface area contributed by atoms with Crippen molar-refractivity contribution in [3.63, 3.8) is 0 Å². The molecule has 2 fully saturated rings. The Balaban J connectivity index is 1.72. The van der Waals surface area contributed by atoms with E-state index in [1.54, 1.807) is 0 Å². The fourth-order valence-corrected chi connectivity index (χ4v) is 3.24. The summed E-state index contributed by atoms with van der Waals surface area (Å²) in [4.78, 5) is 12.1. The first-order chi connectivity index (χ1) is 8.69. The average molecular weight is 253 g/mol. The Labute approximate surface area is 110 Å². The summed E-state index contributed by atoms with van der Waals surface area (Å²) in [7, 11) is 0. The molecule has 0 spiro atoms. The van der Waals surface area contributed by atoms with Crippen molar-refractivity contribution in [1.82, 2.24) is 0 Å². The van der Waals surface area contributed by atoms with E-state index in [9.17, 15) is 4.79 Å². The number of hydrogen-bond donors (Lipinski definition) is 1. The van der Waals surface area contributed by atoms with Crippen molar-refractivity contribution in [2.75, 3.05) is 6.54 Å². The van der Waals surface area contributed by atoms with Crippen LogP contribution in [0.3, 0.4) is 0 Å². The molecule has 0 aromatic carbocycles. The molecule has 2 aliphatic carbocycles. The number of esters is 1. The van der Waals surface area contributed by atoms with Crippen LogP contribution in [0.4, 0.5) is 0 Å². The summed E-state index contributed by atoms with van der Waals surface area (Å²) in [5.41, 5.74) is 5.67. The molecule has 0 aromatic rings. The van der Waals surface area contributed by atoms with Crippen molar-refractivity contribution in [2.24, 2.45) is 23.5 Å². The summed E-state index contributed by atoms with van der Waals surface area (Å²) < 4.78 is 5.68.